The summed E-state index contributed by atoms with van der Waals surface area (Å²) in [6, 6.07) is 0. The number of carbonyl (C=O) groups excluding carboxylic acids is 1. The Morgan fingerprint density at radius 1 is 1.21 bits per heavy atom. The van der Waals surface area contributed by atoms with Crippen LogP contribution in [0.5, 0.6) is 0 Å². The van der Waals surface area contributed by atoms with Crippen LogP contribution in [0.4, 0.5) is 0 Å². The van der Waals surface area contributed by atoms with Crippen molar-refractivity contribution in [3.63, 3.8) is 0 Å². The normalized spacial score (nSPS) is 55.0. The average molecular weight is 198 g/mol. The molecule has 0 saturated carbocycles. The van der Waals surface area contributed by atoms with Crippen molar-refractivity contribution in [2.75, 3.05) is 0 Å². The van der Waals surface area contributed by atoms with Crippen molar-refractivity contribution >= 4 is 11.8 Å². The number of aliphatic hydroxyl groups excluding tert-OH is 2. The molecule has 3 rings (SSSR count). The molecule has 2 fully saturated rings. The largest absolute Gasteiger partial charge is 0.861 e. The van der Waals surface area contributed by atoms with Crippen LogP contribution in [-0.4, -0.2) is 46.4 Å². The molecule has 6 unspecified atom stereocenters. The summed E-state index contributed by atoms with van der Waals surface area (Å²) in [4.78, 5) is 14.6. The van der Waals surface area contributed by atoms with Gasteiger partial charge in [0.15, 0.2) is 0 Å². The number of nitrogens with zero attached hydrogens (tertiary/aromatic N) is 1. The van der Waals surface area contributed by atoms with Crippen molar-refractivity contribution < 1.29 is 24.9 Å². The highest BCUT2D eigenvalue weighted by atomic mass is 16.6. The zero-order valence-corrected chi connectivity index (χ0v) is 7.03. The summed E-state index contributed by atoms with van der Waals surface area (Å²) in [5.74, 6) is -2.41. The lowest BCUT2D eigenvalue weighted by Gasteiger charge is -2.29. The molecular formula is C8H8NO5-. The molecule has 0 aliphatic carbocycles. The number of aliphatic imine (C=N–C) groups is 1. The number of ether oxygens (including phenoxy) is 1. The molecule has 0 spiro atoms. The van der Waals surface area contributed by atoms with Gasteiger partial charge in [0, 0.05) is 5.92 Å². The lowest BCUT2D eigenvalue weighted by molar-refractivity contribution is -0.226. The summed E-state index contributed by atoms with van der Waals surface area (Å²) >= 11 is 0. The van der Waals surface area contributed by atoms with Gasteiger partial charge in [-0.15, -0.1) is 0 Å². The number of aliphatic hydroxyl groups is 2. The van der Waals surface area contributed by atoms with Crippen molar-refractivity contribution in [1.82, 2.24) is 0 Å². The summed E-state index contributed by atoms with van der Waals surface area (Å²) in [5, 5.41) is 30.2. The zero-order valence-electron chi connectivity index (χ0n) is 7.03. The van der Waals surface area contributed by atoms with Crippen LogP contribution in [0.15, 0.2) is 4.99 Å². The summed E-state index contributed by atoms with van der Waals surface area (Å²) in [5.41, 5.74) is 0. The van der Waals surface area contributed by atoms with E-state index in [0.717, 1.165) is 0 Å². The Bertz CT molecular complexity index is 341. The Morgan fingerprint density at radius 2 is 1.79 bits per heavy atom. The van der Waals surface area contributed by atoms with Gasteiger partial charge in [-0.3, -0.25) is 4.79 Å². The fraction of sp³-hybridized carbons (Fsp3) is 0.750. The second kappa shape index (κ2) is 2.33. The van der Waals surface area contributed by atoms with Crippen LogP contribution >= 0.6 is 0 Å². The minimum atomic E-state index is -1.08. The third kappa shape index (κ3) is 0.727. The number of carbonyl (C=O) groups is 1. The summed E-state index contributed by atoms with van der Waals surface area (Å²) < 4.78 is 5.20. The van der Waals surface area contributed by atoms with Gasteiger partial charge in [-0.05, 0) is 5.90 Å². The predicted molar refractivity (Wildman–Crippen MR) is 40.1 cm³/mol. The van der Waals surface area contributed by atoms with Gasteiger partial charge in [-0.25, -0.2) is 4.99 Å². The lowest BCUT2D eigenvalue weighted by Crippen LogP contribution is -2.50. The topological polar surface area (TPSA) is 102 Å². The number of rotatable bonds is 0. The molecule has 3 heterocycles. The highest BCUT2D eigenvalue weighted by Crippen LogP contribution is 2.46. The molecular weight excluding hydrogens is 190 g/mol. The molecule has 1 amide bonds. The van der Waals surface area contributed by atoms with E-state index < -0.39 is 48.1 Å². The van der Waals surface area contributed by atoms with E-state index in [4.69, 9.17) is 4.74 Å². The summed E-state index contributed by atoms with van der Waals surface area (Å²) in [7, 11) is 0. The molecule has 3 aliphatic heterocycles. The van der Waals surface area contributed by atoms with Gasteiger partial charge >= 0.3 is 0 Å². The Balaban J connectivity index is 2.02. The Labute approximate surface area is 78.8 Å². The first-order valence-electron chi connectivity index (χ1n) is 4.42. The quantitative estimate of drug-likeness (QED) is 0.432. The monoisotopic (exact) mass is 198 g/mol. The molecule has 2 saturated heterocycles. The molecule has 0 aromatic carbocycles. The molecule has 2 N–H and O–H groups in total. The van der Waals surface area contributed by atoms with Crippen LogP contribution in [0, 0.1) is 11.8 Å². The fourth-order valence-corrected chi connectivity index (χ4v) is 2.58. The van der Waals surface area contributed by atoms with Gasteiger partial charge in [0.2, 0.25) is 0 Å². The third-order valence-electron chi connectivity index (χ3n) is 3.22. The Morgan fingerprint density at radius 3 is 2.43 bits per heavy atom. The maximum Gasteiger partial charge on any atom is 0.251 e. The first-order chi connectivity index (χ1) is 6.61. The minimum absolute atomic E-state index is 0.529. The van der Waals surface area contributed by atoms with Gasteiger partial charge in [0.25, 0.3) is 5.91 Å². The Kier molecular flexibility index (Phi) is 1.39. The van der Waals surface area contributed by atoms with Crippen molar-refractivity contribution in [3.05, 3.63) is 0 Å². The number of fused-ring (bicyclic) bond motifs is 5. The first-order valence-corrected chi connectivity index (χ1v) is 4.42. The lowest BCUT2D eigenvalue weighted by atomic mass is 9.77. The Hall–Kier alpha value is -0.980. The van der Waals surface area contributed by atoms with Crippen LogP contribution < -0.4 is 5.11 Å². The molecule has 0 aromatic rings. The highest BCUT2D eigenvalue weighted by Gasteiger charge is 2.63. The summed E-state index contributed by atoms with van der Waals surface area (Å²) in [6.45, 7) is 0. The maximum absolute atomic E-state index is 11.2. The van der Waals surface area contributed by atoms with Gasteiger partial charge < -0.3 is 20.1 Å². The number of hydrogen-bond donors (Lipinski definition) is 2. The zero-order chi connectivity index (χ0) is 10.0. The molecule has 2 bridgehead atoms. The standard InChI is InChI=1S/C8H9NO5/c10-3-4(11)6-2-1(5(3)14-6)7(12)9-8(2)13/h1-6,10-11H,(H,9,12,13)/p-1. The molecule has 76 valence electrons. The van der Waals surface area contributed by atoms with E-state index in [-0.39, 0.29) is 0 Å². The predicted octanol–water partition coefficient (Wildman–Crippen LogP) is -2.98. The molecule has 0 radical (unpaired) electrons. The van der Waals surface area contributed by atoms with Gasteiger partial charge in [-0.1, -0.05) is 0 Å². The smallest absolute Gasteiger partial charge is 0.251 e. The van der Waals surface area contributed by atoms with Gasteiger partial charge in [-0.2, -0.15) is 0 Å². The van der Waals surface area contributed by atoms with Crippen LogP contribution in [0.1, 0.15) is 0 Å². The van der Waals surface area contributed by atoms with E-state index in [1.807, 2.05) is 0 Å². The van der Waals surface area contributed by atoms with E-state index in [9.17, 15) is 20.1 Å². The highest BCUT2D eigenvalue weighted by molar-refractivity contribution is 6.01. The molecule has 3 aliphatic rings. The van der Waals surface area contributed by atoms with Crippen LogP contribution in [0.25, 0.3) is 0 Å². The van der Waals surface area contributed by atoms with Crippen molar-refractivity contribution in [1.29, 1.82) is 0 Å². The minimum Gasteiger partial charge on any atom is -0.861 e. The van der Waals surface area contributed by atoms with E-state index in [1.165, 1.54) is 0 Å². The average Bonchev–Trinajstić information content (AvgIpc) is 2.71. The molecule has 6 heteroatoms. The third-order valence-corrected chi connectivity index (χ3v) is 3.22. The molecule has 6 nitrogen and oxygen atoms in total. The molecule has 6 atom stereocenters. The van der Waals surface area contributed by atoms with Crippen LogP contribution in [0.3, 0.4) is 0 Å². The van der Waals surface area contributed by atoms with E-state index in [2.05, 4.69) is 4.99 Å². The maximum atomic E-state index is 11.2. The van der Waals surface area contributed by atoms with Crippen LogP contribution in [0.2, 0.25) is 0 Å². The fourth-order valence-electron chi connectivity index (χ4n) is 2.58. The van der Waals surface area contributed by atoms with Crippen molar-refractivity contribution in [3.8, 4) is 0 Å². The van der Waals surface area contributed by atoms with Gasteiger partial charge in [0.1, 0.15) is 12.2 Å². The number of amides is 1. The first kappa shape index (κ1) is 8.34. The van der Waals surface area contributed by atoms with E-state index in [0.29, 0.717) is 0 Å². The second-order valence-electron chi connectivity index (χ2n) is 3.89. The van der Waals surface area contributed by atoms with E-state index >= 15 is 0 Å². The van der Waals surface area contributed by atoms with Crippen molar-refractivity contribution in [2.45, 2.75) is 24.4 Å². The van der Waals surface area contributed by atoms with Crippen molar-refractivity contribution in [2.24, 2.45) is 16.8 Å². The second-order valence-corrected chi connectivity index (χ2v) is 3.89. The van der Waals surface area contributed by atoms with E-state index in [1.54, 1.807) is 0 Å². The summed E-state index contributed by atoms with van der Waals surface area (Å²) in [6.07, 6.45) is -3.68. The number of hydrogen-bond acceptors (Lipinski definition) is 5. The molecule has 14 heavy (non-hydrogen) atoms. The molecule has 0 aromatic heterocycles. The van der Waals surface area contributed by atoms with Gasteiger partial charge in [0.05, 0.1) is 18.1 Å². The SMILES string of the molecule is O=C1N=C([O-])C2C3OC(C(O)C3O)C12. The van der Waals surface area contributed by atoms with Crippen LogP contribution in [-0.2, 0) is 9.53 Å².